The average molecular weight is 272 g/mol. The average Bonchev–Trinajstić information content (AvgIpc) is 2.55. The minimum absolute atomic E-state index is 0.0118. The van der Waals surface area contributed by atoms with E-state index < -0.39 is 15.1 Å². The van der Waals surface area contributed by atoms with Gasteiger partial charge in [-0.2, -0.15) is 5.10 Å². The second-order valence-corrected chi connectivity index (χ2v) is 5.81. The highest BCUT2D eigenvalue weighted by molar-refractivity contribution is 8.45. The van der Waals surface area contributed by atoms with Crippen molar-refractivity contribution in [3.05, 3.63) is 23.9 Å². The van der Waals surface area contributed by atoms with Gasteiger partial charge in [0.1, 0.15) is 10.6 Å². The van der Waals surface area contributed by atoms with Crippen molar-refractivity contribution in [2.45, 2.75) is 4.90 Å². The molecule has 0 amide bonds. The van der Waals surface area contributed by atoms with Crippen LogP contribution in [-0.4, -0.2) is 16.5 Å². The lowest BCUT2D eigenvalue weighted by atomic mass is 10.2. The summed E-state index contributed by atoms with van der Waals surface area (Å²) in [4.78, 5) is 8.43. The molecule has 0 saturated carbocycles. The normalized spacial score (nSPS) is 16.5. The molecule has 0 aliphatic heterocycles. The van der Waals surface area contributed by atoms with E-state index in [2.05, 4.69) is 10.2 Å². The van der Waals surface area contributed by atoms with Crippen LogP contribution in [-0.2, 0) is 0 Å². The summed E-state index contributed by atoms with van der Waals surface area (Å²) in [5.74, 6) is 0. The van der Waals surface area contributed by atoms with Gasteiger partial charge in [0, 0.05) is 5.39 Å². The number of aromatic amines is 1. The van der Waals surface area contributed by atoms with Gasteiger partial charge in [0.15, 0.2) is 6.29 Å². The van der Waals surface area contributed by atoms with Crippen LogP contribution in [0.25, 0.3) is 10.9 Å². The van der Waals surface area contributed by atoms with Crippen molar-refractivity contribution in [3.8, 4) is 0 Å². The SMILES string of the molecule is O=Cc1[nH]nc2ccc(S(F)(F)(F)(F)F)cc12. The molecule has 3 nitrogen and oxygen atoms in total. The minimum Gasteiger partial charge on any atom is -0.296 e. The maximum absolute atomic E-state index is 12.5. The van der Waals surface area contributed by atoms with Crippen LogP contribution in [0.3, 0.4) is 0 Å². The number of hydrogen-bond acceptors (Lipinski definition) is 2. The molecule has 94 valence electrons. The van der Waals surface area contributed by atoms with E-state index >= 15 is 0 Å². The van der Waals surface area contributed by atoms with Gasteiger partial charge in [-0.1, -0.05) is 19.4 Å². The summed E-state index contributed by atoms with van der Waals surface area (Å²) in [5.41, 5.74) is -0.263. The topological polar surface area (TPSA) is 45.8 Å². The second kappa shape index (κ2) is 2.61. The van der Waals surface area contributed by atoms with E-state index in [0.29, 0.717) is 0 Å². The molecule has 0 aliphatic carbocycles. The molecule has 0 bridgehead atoms. The highest BCUT2D eigenvalue weighted by atomic mass is 32.5. The minimum atomic E-state index is -9.72. The van der Waals surface area contributed by atoms with Crippen molar-refractivity contribution in [3.63, 3.8) is 0 Å². The number of halogens is 5. The third kappa shape index (κ3) is 2.09. The Kier molecular flexibility index (Phi) is 1.81. The number of H-pyrrole nitrogens is 1. The van der Waals surface area contributed by atoms with E-state index in [4.69, 9.17) is 0 Å². The molecule has 1 heterocycles. The molecule has 9 heteroatoms. The molecule has 2 rings (SSSR count). The van der Waals surface area contributed by atoms with Crippen molar-refractivity contribution < 1.29 is 24.2 Å². The van der Waals surface area contributed by atoms with Gasteiger partial charge in [-0.3, -0.25) is 9.89 Å². The van der Waals surface area contributed by atoms with Gasteiger partial charge in [0.2, 0.25) is 0 Å². The Morgan fingerprint density at radius 2 is 1.82 bits per heavy atom. The second-order valence-electron chi connectivity index (χ2n) is 3.40. The first kappa shape index (κ1) is 11.8. The number of nitrogens with zero attached hydrogens (tertiary/aromatic N) is 1. The molecule has 17 heavy (non-hydrogen) atoms. The number of benzene rings is 1. The fourth-order valence-corrected chi connectivity index (χ4v) is 2.00. The zero-order valence-electron chi connectivity index (χ0n) is 7.96. The standard InChI is InChI=1S/C8H5F5N2OS/c9-17(10,11,12,13)5-1-2-7-6(3-5)8(4-16)15-14-7/h1-4H,(H,14,15). The molecule has 0 radical (unpaired) electrons. The van der Waals surface area contributed by atoms with E-state index in [1.807, 2.05) is 0 Å². The third-order valence-electron chi connectivity index (χ3n) is 2.12. The summed E-state index contributed by atoms with van der Waals surface area (Å²) >= 11 is 0. The van der Waals surface area contributed by atoms with Crippen LogP contribution in [0.2, 0.25) is 0 Å². The van der Waals surface area contributed by atoms with Crippen LogP contribution in [0.15, 0.2) is 23.1 Å². The Bertz CT molecular complexity index is 618. The van der Waals surface area contributed by atoms with Crippen LogP contribution in [0, 0.1) is 0 Å². The monoisotopic (exact) mass is 272 g/mol. The van der Waals surface area contributed by atoms with Gasteiger partial charge < -0.3 is 0 Å². The molecule has 0 atom stereocenters. The van der Waals surface area contributed by atoms with Crippen molar-refractivity contribution in [1.82, 2.24) is 10.2 Å². The third-order valence-corrected chi connectivity index (χ3v) is 3.26. The van der Waals surface area contributed by atoms with Gasteiger partial charge in [-0.15, -0.1) is 0 Å². The highest BCUT2D eigenvalue weighted by Crippen LogP contribution is 3.02. The molecule has 0 unspecified atom stereocenters. The van der Waals surface area contributed by atoms with Gasteiger partial charge >= 0.3 is 10.2 Å². The van der Waals surface area contributed by atoms with Gasteiger partial charge in [0.05, 0.1) is 5.52 Å². The van der Waals surface area contributed by atoms with Crippen LogP contribution >= 0.6 is 10.2 Å². The lowest BCUT2D eigenvalue weighted by molar-refractivity contribution is 0.112. The Labute approximate surface area is 91.3 Å². The van der Waals surface area contributed by atoms with Crippen molar-refractivity contribution in [2.75, 3.05) is 0 Å². The molecular weight excluding hydrogens is 267 g/mol. The largest absolute Gasteiger partial charge is 0.310 e. The Morgan fingerprint density at radius 1 is 1.18 bits per heavy atom. The molecule has 0 saturated heterocycles. The van der Waals surface area contributed by atoms with Crippen molar-refractivity contribution >= 4 is 27.4 Å². The fourth-order valence-electron chi connectivity index (χ4n) is 1.34. The first-order valence-corrected chi connectivity index (χ1v) is 6.14. The summed E-state index contributed by atoms with van der Waals surface area (Å²) in [6.45, 7) is 0. The lowest BCUT2D eigenvalue weighted by Crippen LogP contribution is -2.05. The molecule has 0 aliphatic rings. The van der Waals surface area contributed by atoms with Crippen molar-refractivity contribution in [2.24, 2.45) is 0 Å². The predicted octanol–water partition coefficient (Wildman–Crippen LogP) is 4.03. The zero-order chi connectivity index (χ0) is 13.0. The maximum atomic E-state index is 12.5. The first-order valence-electron chi connectivity index (χ1n) is 4.19. The number of aldehydes is 1. The van der Waals surface area contributed by atoms with E-state index in [1.165, 1.54) is 0 Å². The maximum Gasteiger partial charge on any atom is 0.310 e. The Morgan fingerprint density at radius 3 is 2.35 bits per heavy atom. The van der Waals surface area contributed by atoms with Gasteiger partial charge in [-0.25, -0.2) is 0 Å². The van der Waals surface area contributed by atoms with Crippen LogP contribution in [0.4, 0.5) is 19.4 Å². The van der Waals surface area contributed by atoms with Crippen molar-refractivity contribution in [1.29, 1.82) is 0 Å². The number of hydrogen-bond donors (Lipinski definition) is 1. The summed E-state index contributed by atoms with van der Waals surface area (Å²) in [7, 11) is -9.72. The molecule has 1 aromatic heterocycles. The van der Waals surface area contributed by atoms with E-state index in [-0.39, 0.29) is 35.0 Å². The first-order chi connectivity index (χ1) is 7.51. The molecule has 0 spiro atoms. The quantitative estimate of drug-likeness (QED) is 0.662. The summed E-state index contributed by atoms with van der Waals surface area (Å²) in [6, 6.07) is 1.26. The number of carbonyl (C=O) groups excluding carboxylic acids is 1. The molecule has 0 fully saturated rings. The van der Waals surface area contributed by atoms with E-state index in [9.17, 15) is 24.2 Å². The lowest BCUT2D eigenvalue weighted by Gasteiger charge is -2.40. The smallest absolute Gasteiger partial charge is 0.296 e. The fraction of sp³-hybridized carbons (Fsp3) is 0. The molecule has 1 aromatic carbocycles. The summed E-state index contributed by atoms with van der Waals surface area (Å²) < 4.78 is 62.5. The molecular formula is C8H5F5N2OS. The Hall–Kier alpha value is -1.64. The van der Waals surface area contributed by atoms with Crippen LogP contribution in [0.5, 0.6) is 0 Å². The zero-order valence-corrected chi connectivity index (χ0v) is 8.78. The van der Waals surface area contributed by atoms with Crippen LogP contribution in [0.1, 0.15) is 10.5 Å². The number of aromatic nitrogens is 2. The Balaban J connectivity index is 2.79. The van der Waals surface area contributed by atoms with Crippen LogP contribution < -0.4 is 0 Å². The molecule has 2 aromatic rings. The highest BCUT2D eigenvalue weighted by Gasteiger charge is 2.65. The molecule has 1 N–H and O–H groups in total. The number of rotatable bonds is 2. The summed E-state index contributed by atoms with van der Waals surface area (Å²) in [5, 5.41) is 5.37. The van der Waals surface area contributed by atoms with E-state index in [1.54, 1.807) is 0 Å². The predicted molar refractivity (Wildman–Crippen MR) is 52.9 cm³/mol. The summed E-state index contributed by atoms with van der Waals surface area (Å²) in [6.07, 6.45) is 0.213. The number of fused-ring (bicyclic) bond motifs is 1. The number of carbonyl (C=O) groups is 1. The number of nitrogens with one attached hydrogen (secondary N) is 1. The van der Waals surface area contributed by atoms with E-state index in [0.717, 1.165) is 6.07 Å². The van der Waals surface area contributed by atoms with Gasteiger partial charge in [0.25, 0.3) is 0 Å². The van der Waals surface area contributed by atoms with Gasteiger partial charge in [-0.05, 0) is 18.2 Å².